The number of methoxy groups -OCH3 is 1. The number of hydrogen-bond donors (Lipinski definition) is 2. The Bertz CT molecular complexity index is 995. The molecule has 0 amide bonds. The van der Waals surface area contributed by atoms with Gasteiger partial charge in [0.05, 0.1) is 31.0 Å². The smallest absolute Gasteiger partial charge is 0.497 e. The van der Waals surface area contributed by atoms with Gasteiger partial charge in [0.1, 0.15) is 5.75 Å². The van der Waals surface area contributed by atoms with Crippen LogP contribution in [0.15, 0.2) is 24.3 Å². The van der Waals surface area contributed by atoms with E-state index in [0.29, 0.717) is 34.9 Å². The predicted molar refractivity (Wildman–Crippen MR) is 123 cm³/mol. The summed E-state index contributed by atoms with van der Waals surface area (Å²) >= 11 is 12.6. The standard InChI is InChI=1S/C21H23B2Cl2NO5/c1-28-20-7-15(24)5-14-11-30-23(21(14)20)31-16-3-2-12(4-16)9-26-19-8-17-13(6-18(19)25)10-29-22(17)27/h5-8,12,16,26-27H,2-4,9-11H2,1H3. The molecule has 6 nitrogen and oxygen atoms in total. The molecular formula is C21H23B2Cl2NO5. The Morgan fingerprint density at radius 2 is 1.97 bits per heavy atom. The molecule has 31 heavy (non-hydrogen) atoms. The van der Waals surface area contributed by atoms with E-state index in [9.17, 15) is 5.02 Å². The summed E-state index contributed by atoms with van der Waals surface area (Å²) in [4.78, 5) is 0. The average Bonchev–Trinajstić information content (AvgIpc) is 3.46. The van der Waals surface area contributed by atoms with Crippen LogP contribution in [0.2, 0.25) is 10.0 Å². The van der Waals surface area contributed by atoms with Gasteiger partial charge >= 0.3 is 14.2 Å². The second-order valence-corrected chi connectivity index (χ2v) is 9.18. The molecule has 2 heterocycles. The fraction of sp³-hybridized carbons (Fsp3) is 0.429. The minimum absolute atomic E-state index is 0.119. The maximum Gasteiger partial charge on any atom is 0.498 e. The predicted octanol–water partition coefficient (Wildman–Crippen LogP) is 2.74. The molecule has 0 spiro atoms. The third-order valence-electron chi connectivity index (χ3n) is 6.32. The summed E-state index contributed by atoms with van der Waals surface area (Å²) in [6.07, 6.45) is 3.09. The van der Waals surface area contributed by atoms with Crippen molar-refractivity contribution in [2.75, 3.05) is 19.0 Å². The lowest BCUT2D eigenvalue weighted by Crippen LogP contribution is -2.36. The molecule has 1 aliphatic carbocycles. The number of ether oxygens (including phenoxy) is 1. The first-order valence-corrected chi connectivity index (χ1v) is 11.3. The number of nitrogens with one attached hydrogen (secondary N) is 1. The van der Waals surface area contributed by atoms with Gasteiger partial charge in [-0.05, 0) is 66.0 Å². The van der Waals surface area contributed by atoms with E-state index in [-0.39, 0.29) is 6.10 Å². The molecule has 10 heteroatoms. The zero-order valence-electron chi connectivity index (χ0n) is 17.2. The summed E-state index contributed by atoms with van der Waals surface area (Å²) in [5.74, 6) is 1.17. The van der Waals surface area contributed by atoms with Gasteiger partial charge in [-0.1, -0.05) is 23.2 Å². The van der Waals surface area contributed by atoms with E-state index in [0.717, 1.165) is 53.5 Å². The second-order valence-electron chi connectivity index (χ2n) is 8.34. The van der Waals surface area contributed by atoms with Gasteiger partial charge in [-0.2, -0.15) is 0 Å². The first-order valence-electron chi connectivity index (χ1n) is 10.5. The van der Waals surface area contributed by atoms with Crippen LogP contribution in [0.5, 0.6) is 5.75 Å². The van der Waals surface area contributed by atoms with Crippen molar-refractivity contribution in [2.24, 2.45) is 5.92 Å². The number of benzene rings is 2. The molecule has 2 atom stereocenters. The molecule has 1 saturated carbocycles. The lowest BCUT2D eigenvalue weighted by Gasteiger charge is -2.18. The quantitative estimate of drug-likeness (QED) is 0.645. The van der Waals surface area contributed by atoms with Crippen LogP contribution in [0, 0.1) is 5.92 Å². The second kappa shape index (κ2) is 8.85. The monoisotopic (exact) mass is 461 g/mol. The summed E-state index contributed by atoms with van der Waals surface area (Å²) in [7, 11) is 0.332. The molecule has 2 unspecified atom stereocenters. The van der Waals surface area contributed by atoms with Gasteiger partial charge in [-0.3, -0.25) is 0 Å². The first kappa shape index (κ1) is 21.4. The van der Waals surface area contributed by atoms with E-state index >= 15 is 0 Å². The van der Waals surface area contributed by atoms with Crippen molar-refractivity contribution in [3.8, 4) is 5.75 Å². The molecule has 0 aromatic heterocycles. The van der Waals surface area contributed by atoms with E-state index < -0.39 is 14.2 Å². The molecule has 2 N–H and O–H groups in total. The minimum Gasteiger partial charge on any atom is -0.497 e. The van der Waals surface area contributed by atoms with Crippen LogP contribution in [0.3, 0.4) is 0 Å². The third-order valence-corrected chi connectivity index (χ3v) is 6.85. The normalized spacial score (nSPS) is 22.1. The van der Waals surface area contributed by atoms with Crippen molar-refractivity contribution < 1.29 is 23.7 Å². The molecule has 2 aromatic rings. The van der Waals surface area contributed by atoms with Crippen LogP contribution in [0.1, 0.15) is 30.4 Å². The minimum atomic E-state index is -0.877. The molecule has 0 saturated heterocycles. The Hall–Kier alpha value is -1.41. The summed E-state index contributed by atoms with van der Waals surface area (Å²) in [5, 5.41) is 14.6. The Labute approximate surface area is 192 Å². The maximum absolute atomic E-state index is 9.93. The Balaban J connectivity index is 1.19. The molecule has 162 valence electrons. The first-order chi connectivity index (χ1) is 15.0. The van der Waals surface area contributed by atoms with Gasteiger partial charge in [-0.25, -0.2) is 0 Å². The number of rotatable bonds is 6. The number of fused-ring (bicyclic) bond motifs is 2. The van der Waals surface area contributed by atoms with Gasteiger partial charge in [0.15, 0.2) is 0 Å². The van der Waals surface area contributed by atoms with Gasteiger partial charge in [0.2, 0.25) is 0 Å². The van der Waals surface area contributed by atoms with E-state index in [1.807, 2.05) is 18.2 Å². The van der Waals surface area contributed by atoms with Gasteiger partial charge in [0, 0.05) is 23.1 Å². The molecule has 1 fully saturated rings. The van der Waals surface area contributed by atoms with E-state index in [1.54, 1.807) is 13.2 Å². The molecule has 0 bridgehead atoms. The fourth-order valence-corrected chi connectivity index (χ4v) is 5.19. The highest BCUT2D eigenvalue weighted by Crippen LogP contribution is 2.32. The van der Waals surface area contributed by atoms with Crippen molar-refractivity contribution in [1.29, 1.82) is 0 Å². The van der Waals surface area contributed by atoms with Crippen LogP contribution in [-0.4, -0.2) is 39.0 Å². The summed E-state index contributed by atoms with van der Waals surface area (Å²) < 4.78 is 23.0. The van der Waals surface area contributed by atoms with Crippen LogP contribution in [0.25, 0.3) is 0 Å². The summed E-state index contributed by atoms with van der Waals surface area (Å²) in [6, 6.07) is 7.46. The molecule has 3 aliphatic rings. The van der Waals surface area contributed by atoms with Crippen molar-refractivity contribution in [3.05, 3.63) is 45.4 Å². The van der Waals surface area contributed by atoms with Crippen molar-refractivity contribution in [2.45, 2.75) is 38.6 Å². The topological polar surface area (TPSA) is 69.2 Å². The zero-order chi connectivity index (χ0) is 21.5. The van der Waals surface area contributed by atoms with E-state index in [1.165, 1.54) is 0 Å². The Kier molecular flexibility index (Phi) is 6.12. The highest BCUT2D eigenvalue weighted by atomic mass is 35.5. The van der Waals surface area contributed by atoms with E-state index in [4.69, 9.17) is 41.9 Å². The SMILES string of the molecule is COc1cc(Cl)cc2c1B(OC1CCC(CNc3cc4c(cc3Cl)COB4O)C1)OC2. The largest absolute Gasteiger partial charge is 0.498 e. The number of hydrogen-bond acceptors (Lipinski definition) is 6. The van der Waals surface area contributed by atoms with Crippen LogP contribution in [0.4, 0.5) is 5.69 Å². The maximum atomic E-state index is 9.93. The van der Waals surface area contributed by atoms with Gasteiger partial charge in [-0.15, -0.1) is 0 Å². The fourth-order valence-electron chi connectivity index (χ4n) is 4.71. The summed E-state index contributed by atoms with van der Waals surface area (Å²) in [6.45, 7) is 1.65. The van der Waals surface area contributed by atoms with Crippen molar-refractivity contribution in [1.82, 2.24) is 0 Å². The number of anilines is 1. The molecular weight excluding hydrogens is 439 g/mol. The molecule has 0 radical (unpaired) electrons. The van der Waals surface area contributed by atoms with Crippen LogP contribution < -0.4 is 21.0 Å². The Morgan fingerprint density at radius 3 is 2.81 bits per heavy atom. The molecule has 2 aromatic carbocycles. The van der Waals surface area contributed by atoms with Gasteiger partial charge < -0.3 is 29.0 Å². The summed E-state index contributed by atoms with van der Waals surface area (Å²) in [5.41, 5.74) is 4.50. The highest BCUT2D eigenvalue weighted by Gasteiger charge is 2.38. The van der Waals surface area contributed by atoms with Crippen molar-refractivity contribution >= 4 is 54.1 Å². The lowest BCUT2D eigenvalue weighted by molar-refractivity contribution is 0.147. The van der Waals surface area contributed by atoms with Crippen LogP contribution in [-0.2, 0) is 27.2 Å². The molecule has 2 aliphatic heterocycles. The van der Waals surface area contributed by atoms with E-state index in [2.05, 4.69) is 5.32 Å². The lowest BCUT2D eigenvalue weighted by atomic mass is 9.77. The van der Waals surface area contributed by atoms with Crippen LogP contribution >= 0.6 is 23.2 Å². The van der Waals surface area contributed by atoms with Gasteiger partial charge in [0.25, 0.3) is 0 Å². The average molecular weight is 462 g/mol. The highest BCUT2D eigenvalue weighted by molar-refractivity contribution is 6.64. The third kappa shape index (κ3) is 4.30. The number of halogens is 2. The molecule has 5 rings (SSSR count). The zero-order valence-corrected chi connectivity index (χ0v) is 18.7. The Morgan fingerprint density at radius 1 is 1.13 bits per heavy atom. The van der Waals surface area contributed by atoms with Crippen molar-refractivity contribution in [3.63, 3.8) is 0 Å².